The van der Waals surface area contributed by atoms with Gasteiger partial charge in [0.1, 0.15) is 5.00 Å². The highest BCUT2D eigenvalue weighted by atomic mass is 32.1. The SMILES string of the molecule is CCCOC(=O)c1c(NC(=O)/C=C/c2ccc([N+](=O)[O-])cc2)sc2c1CCCCC2. The van der Waals surface area contributed by atoms with Gasteiger partial charge in [-0.2, -0.15) is 0 Å². The first-order valence-corrected chi connectivity index (χ1v) is 10.9. The molecule has 3 rings (SSSR count). The molecule has 1 heterocycles. The molecule has 1 aromatic heterocycles. The Morgan fingerprint density at radius 3 is 2.63 bits per heavy atom. The molecule has 0 saturated heterocycles. The van der Waals surface area contributed by atoms with Crippen LogP contribution in [0.5, 0.6) is 0 Å². The van der Waals surface area contributed by atoms with Crippen molar-refractivity contribution in [1.29, 1.82) is 0 Å². The maximum absolute atomic E-state index is 12.7. The number of hydrogen-bond donors (Lipinski definition) is 1. The quantitative estimate of drug-likeness (QED) is 0.216. The molecule has 158 valence electrons. The predicted molar refractivity (Wildman–Crippen MR) is 117 cm³/mol. The second-order valence-electron chi connectivity index (χ2n) is 7.08. The van der Waals surface area contributed by atoms with Gasteiger partial charge in [-0.25, -0.2) is 4.79 Å². The number of fused-ring (bicyclic) bond motifs is 1. The van der Waals surface area contributed by atoms with Crippen LogP contribution >= 0.6 is 11.3 Å². The van der Waals surface area contributed by atoms with Gasteiger partial charge in [0.2, 0.25) is 5.91 Å². The highest BCUT2D eigenvalue weighted by Gasteiger charge is 2.26. The number of nitrogens with one attached hydrogen (secondary N) is 1. The number of anilines is 1. The zero-order chi connectivity index (χ0) is 21.5. The molecule has 30 heavy (non-hydrogen) atoms. The fourth-order valence-electron chi connectivity index (χ4n) is 3.35. The zero-order valence-electron chi connectivity index (χ0n) is 16.8. The third kappa shape index (κ3) is 5.33. The van der Waals surface area contributed by atoms with Gasteiger partial charge >= 0.3 is 5.97 Å². The lowest BCUT2D eigenvalue weighted by Crippen LogP contribution is -2.13. The third-order valence-electron chi connectivity index (χ3n) is 4.83. The van der Waals surface area contributed by atoms with E-state index >= 15 is 0 Å². The molecule has 0 spiro atoms. The number of carbonyl (C=O) groups is 2. The van der Waals surface area contributed by atoms with Gasteiger partial charge in [0.15, 0.2) is 0 Å². The van der Waals surface area contributed by atoms with Crippen molar-refractivity contribution < 1.29 is 19.2 Å². The van der Waals surface area contributed by atoms with Crippen molar-refractivity contribution in [3.63, 3.8) is 0 Å². The molecular weight excluding hydrogens is 404 g/mol. The highest BCUT2D eigenvalue weighted by Crippen LogP contribution is 2.38. The third-order valence-corrected chi connectivity index (χ3v) is 6.04. The first-order valence-electron chi connectivity index (χ1n) is 10.0. The van der Waals surface area contributed by atoms with Crippen LogP contribution in [0.25, 0.3) is 6.08 Å². The minimum Gasteiger partial charge on any atom is -0.462 e. The van der Waals surface area contributed by atoms with E-state index in [-0.39, 0.29) is 17.6 Å². The predicted octanol–water partition coefficient (Wildman–Crippen LogP) is 5.14. The summed E-state index contributed by atoms with van der Waals surface area (Å²) in [5, 5.41) is 14.1. The molecule has 7 nitrogen and oxygen atoms in total. The van der Waals surface area contributed by atoms with Gasteiger partial charge in [-0.15, -0.1) is 11.3 Å². The number of hydrogen-bond acceptors (Lipinski definition) is 6. The van der Waals surface area contributed by atoms with E-state index in [0.29, 0.717) is 22.7 Å². The maximum atomic E-state index is 12.7. The number of non-ortho nitro benzene ring substituents is 1. The van der Waals surface area contributed by atoms with Crippen molar-refractivity contribution >= 4 is 40.0 Å². The Hall–Kier alpha value is -3.00. The maximum Gasteiger partial charge on any atom is 0.341 e. The lowest BCUT2D eigenvalue weighted by atomic mass is 10.1. The normalized spacial score (nSPS) is 13.5. The topological polar surface area (TPSA) is 98.5 Å². The Balaban J connectivity index is 1.78. The standard InChI is InChI=1S/C22H24N2O5S/c1-2-14-29-22(26)20-17-6-4-3-5-7-18(17)30-21(20)23-19(25)13-10-15-8-11-16(12-9-15)24(27)28/h8-13H,2-7,14H2,1H3,(H,23,25)/b13-10+. The Kier molecular flexibility index (Phi) is 7.35. The first-order chi connectivity index (χ1) is 14.5. The van der Waals surface area contributed by atoms with Crippen LogP contribution in [0.3, 0.4) is 0 Å². The number of nitro groups is 1. The van der Waals surface area contributed by atoms with Gasteiger partial charge < -0.3 is 10.1 Å². The van der Waals surface area contributed by atoms with E-state index in [1.54, 1.807) is 18.2 Å². The number of nitro benzene ring substituents is 1. The smallest absolute Gasteiger partial charge is 0.341 e. The van der Waals surface area contributed by atoms with Crippen molar-refractivity contribution in [1.82, 2.24) is 0 Å². The highest BCUT2D eigenvalue weighted by molar-refractivity contribution is 7.17. The monoisotopic (exact) mass is 428 g/mol. The van der Waals surface area contributed by atoms with Gasteiger partial charge in [0.05, 0.1) is 17.1 Å². The van der Waals surface area contributed by atoms with Gasteiger partial charge in [-0.05, 0) is 61.4 Å². The van der Waals surface area contributed by atoms with Crippen molar-refractivity contribution in [3.8, 4) is 0 Å². The van der Waals surface area contributed by atoms with Crippen LogP contribution in [0.2, 0.25) is 0 Å². The van der Waals surface area contributed by atoms with Gasteiger partial charge in [0.25, 0.3) is 5.69 Å². The lowest BCUT2D eigenvalue weighted by Gasteiger charge is -2.08. The molecule has 1 amide bonds. The van der Waals surface area contributed by atoms with Crippen molar-refractivity contribution in [2.24, 2.45) is 0 Å². The Morgan fingerprint density at radius 1 is 1.20 bits per heavy atom. The molecule has 0 unspecified atom stereocenters. The Morgan fingerprint density at radius 2 is 1.93 bits per heavy atom. The molecule has 0 radical (unpaired) electrons. The number of aryl methyl sites for hydroxylation is 1. The minimum atomic E-state index is -0.472. The molecule has 1 aliphatic carbocycles. The molecule has 0 atom stereocenters. The van der Waals surface area contributed by atoms with E-state index in [4.69, 9.17) is 4.74 Å². The lowest BCUT2D eigenvalue weighted by molar-refractivity contribution is -0.384. The van der Waals surface area contributed by atoms with Crippen molar-refractivity contribution in [2.45, 2.75) is 45.4 Å². The summed E-state index contributed by atoms with van der Waals surface area (Å²) in [5.41, 5.74) is 2.16. The number of ether oxygens (including phenoxy) is 1. The second kappa shape index (κ2) is 10.2. The van der Waals surface area contributed by atoms with Crippen LogP contribution in [-0.2, 0) is 22.4 Å². The second-order valence-corrected chi connectivity index (χ2v) is 8.18. The van der Waals surface area contributed by atoms with Crippen molar-refractivity contribution in [2.75, 3.05) is 11.9 Å². The van der Waals surface area contributed by atoms with E-state index in [0.717, 1.165) is 49.0 Å². The largest absolute Gasteiger partial charge is 0.462 e. The van der Waals surface area contributed by atoms with Crippen LogP contribution in [0.4, 0.5) is 10.7 Å². The fourth-order valence-corrected chi connectivity index (χ4v) is 4.63. The molecule has 1 aromatic carbocycles. The molecular formula is C22H24N2O5S. The molecule has 8 heteroatoms. The summed E-state index contributed by atoms with van der Waals surface area (Å²) in [7, 11) is 0. The van der Waals surface area contributed by atoms with Crippen LogP contribution in [0.1, 0.15) is 59.0 Å². The molecule has 0 aliphatic heterocycles. The van der Waals surface area contributed by atoms with Crippen molar-refractivity contribution in [3.05, 3.63) is 62.0 Å². The summed E-state index contributed by atoms with van der Waals surface area (Å²) in [6.07, 6.45) is 8.61. The van der Waals surface area contributed by atoms with E-state index in [1.165, 1.54) is 29.5 Å². The summed E-state index contributed by atoms with van der Waals surface area (Å²) in [5.74, 6) is -0.750. The summed E-state index contributed by atoms with van der Waals surface area (Å²) < 4.78 is 5.37. The zero-order valence-corrected chi connectivity index (χ0v) is 17.6. The van der Waals surface area contributed by atoms with Gasteiger partial charge in [-0.3, -0.25) is 14.9 Å². The van der Waals surface area contributed by atoms with Crippen LogP contribution in [0, 0.1) is 10.1 Å². The molecule has 1 aliphatic rings. The van der Waals surface area contributed by atoms with Crippen LogP contribution in [-0.4, -0.2) is 23.4 Å². The summed E-state index contributed by atoms with van der Waals surface area (Å²) in [4.78, 5) is 36.6. The summed E-state index contributed by atoms with van der Waals surface area (Å²) in [6.45, 7) is 2.28. The van der Waals surface area contributed by atoms with E-state index in [1.807, 2.05) is 6.92 Å². The number of esters is 1. The molecule has 0 bridgehead atoms. The van der Waals surface area contributed by atoms with Gasteiger partial charge in [0, 0.05) is 23.1 Å². The average molecular weight is 429 g/mol. The van der Waals surface area contributed by atoms with E-state index < -0.39 is 4.92 Å². The summed E-state index contributed by atoms with van der Waals surface area (Å²) in [6, 6.07) is 5.91. The fraction of sp³-hybridized carbons (Fsp3) is 0.364. The molecule has 0 saturated carbocycles. The number of carbonyl (C=O) groups excluding carboxylic acids is 2. The summed E-state index contributed by atoms with van der Waals surface area (Å²) >= 11 is 1.45. The van der Waals surface area contributed by atoms with Gasteiger partial charge in [-0.1, -0.05) is 13.3 Å². The Bertz CT molecular complexity index is 963. The van der Waals surface area contributed by atoms with Crippen LogP contribution < -0.4 is 5.32 Å². The van der Waals surface area contributed by atoms with Crippen LogP contribution in [0.15, 0.2) is 30.3 Å². The minimum absolute atomic E-state index is 0.00748. The van der Waals surface area contributed by atoms with E-state index in [2.05, 4.69) is 5.32 Å². The number of thiophene rings is 1. The van der Waals surface area contributed by atoms with E-state index in [9.17, 15) is 19.7 Å². The molecule has 0 fully saturated rings. The number of rotatable bonds is 7. The molecule has 1 N–H and O–H groups in total. The number of benzene rings is 1. The first kappa shape index (κ1) is 21.7. The number of amides is 1. The average Bonchev–Trinajstić information content (AvgIpc) is 2.91. The number of nitrogens with zero attached hydrogens (tertiary/aromatic N) is 1. The Labute approximate surface area is 178 Å². The molecule has 2 aromatic rings.